The van der Waals surface area contributed by atoms with Crippen LogP contribution in [0, 0.1) is 0 Å². The van der Waals surface area contributed by atoms with Gasteiger partial charge in [0.15, 0.2) is 5.75 Å². The molecule has 0 spiro atoms. The van der Waals surface area contributed by atoms with Crippen molar-refractivity contribution in [3.8, 4) is 22.9 Å². The molecule has 2 aromatic carbocycles. The molecule has 13 heteroatoms. The minimum Gasteiger partial charge on any atom is -0.507 e. The van der Waals surface area contributed by atoms with Gasteiger partial charge < -0.3 is 9.84 Å². The van der Waals surface area contributed by atoms with Crippen LogP contribution in [0.25, 0.3) is 5.69 Å². The molecule has 0 aliphatic carbocycles. The molecule has 174 valence electrons. The minimum absolute atomic E-state index is 0.192. The Balaban J connectivity index is 1.68. The normalized spacial score (nSPS) is 14.8. The second-order valence-electron chi connectivity index (χ2n) is 7.29. The van der Waals surface area contributed by atoms with Gasteiger partial charge in [-0.1, -0.05) is 6.42 Å². The number of aromatic hydroxyl groups is 1. The van der Waals surface area contributed by atoms with E-state index in [-0.39, 0.29) is 16.4 Å². The average Bonchev–Trinajstić information content (AvgIpc) is 2.77. The van der Waals surface area contributed by atoms with Crippen LogP contribution in [0.15, 0.2) is 60.0 Å². The zero-order valence-corrected chi connectivity index (χ0v) is 21.0. The van der Waals surface area contributed by atoms with Crippen molar-refractivity contribution in [2.24, 2.45) is 0 Å². The molecule has 1 saturated heterocycles. The highest BCUT2D eigenvalue weighted by atomic mass is 79.9. The van der Waals surface area contributed by atoms with E-state index in [4.69, 9.17) is 4.74 Å². The number of aromatic amines is 1. The van der Waals surface area contributed by atoms with Gasteiger partial charge in [-0.05, 0) is 69.0 Å². The van der Waals surface area contributed by atoms with Crippen LogP contribution < -0.4 is 16.0 Å². The lowest BCUT2D eigenvalue weighted by molar-refractivity contribution is 0.344. The molecule has 1 aromatic heterocycles. The predicted molar refractivity (Wildman–Crippen MR) is 127 cm³/mol. The number of phenolic OH excluding ortho intramolecular Hbond substituents is 1. The fraction of sp³-hybridized carbons (Fsp3) is 0.250. The number of hydrogen-bond acceptors (Lipinski definition) is 7. The number of phenols is 1. The van der Waals surface area contributed by atoms with Crippen molar-refractivity contribution in [2.45, 2.75) is 24.2 Å². The third-order valence-electron chi connectivity index (χ3n) is 5.02. The maximum Gasteiger partial charge on any atom is 0.349 e. The smallest absolute Gasteiger partial charge is 0.349 e. The van der Waals surface area contributed by atoms with Crippen molar-refractivity contribution in [2.75, 3.05) is 13.1 Å². The fourth-order valence-electron chi connectivity index (χ4n) is 3.43. The molecule has 1 aliphatic rings. The summed E-state index contributed by atoms with van der Waals surface area (Å²) in [5.41, 5.74) is -0.973. The SMILES string of the molecule is O=c1cnn(-c2cc(Br)c(Oc3ccc(O)c(S(=O)(=O)N4CCCCC4)c3)c(Br)c2)c(=O)[nH]1. The van der Waals surface area contributed by atoms with E-state index in [0.717, 1.165) is 30.1 Å². The maximum atomic E-state index is 13.0. The summed E-state index contributed by atoms with van der Waals surface area (Å²) in [6.45, 7) is 0.813. The second-order valence-corrected chi connectivity index (χ2v) is 10.9. The molecule has 0 bridgehead atoms. The van der Waals surface area contributed by atoms with Crippen molar-refractivity contribution < 1.29 is 18.3 Å². The largest absolute Gasteiger partial charge is 0.507 e. The van der Waals surface area contributed by atoms with E-state index in [1.165, 1.54) is 22.5 Å². The second kappa shape index (κ2) is 9.41. The van der Waals surface area contributed by atoms with Gasteiger partial charge in [0.1, 0.15) is 22.6 Å². The lowest BCUT2D eigenvalue weighted by Gasteiger charge is -2.26. The fourth-order valence-corrected chi connectivity index (χ4v) is 6.37. The molecule has 33 heavy (non-hydrogen) atoms. The molecule has 1 aliphatic heterocycles. The molecule has 0 saturated carbocycles. The van der Waals surface area contributed by atoms with Crippen LogP contribution >= 0.6 is 31.9 Å². The van der Waals surface area contributed by atoms with Crippen molar-refractivity contribution in [1.82, 2.24) is 19.1 Å². The third-order valence-corrected chi connectivity index (χ3v) is 8.13. The van der Waals surface area contributed by atoms with Crippen LogP contribution in [0.5, 0.6) is 17.2 Å². The molecule has 2 heterocycles. The van der Waals surface area contributed by atoms with Crippen LogP contribution in [0.3, 0.4) is 0 Å². The number of ether oxygens (including phenoxy) is 1. The van der Waals surface area contributed by atoms with Crippen LogP contribution in [-0.4, -0.2) is 45.7 Å². The monoisotopic (exact) mass is 600 g/mol. The highest BCUT2D eigenvalue weighted by Gasteiger charge is 2.29. The number of sulfonamides is 1. The number of hydrogen-bond donors (Lipinski definition) is 2. The number of rotatable bonds is 5. The van der Waals surface area contributed by atoms with Gasteiger partial charge in [0.05, 0.1) is 14.6 Å². The molecule has 1 fully saturated rings. The molecule has 4 rings (SSSR count). The molecule has 0 unspecified atom stereocenters. The first kappa shape index (κ1) is 23.7. The Kier molecular flexibility index (Phi) is 6.75. The zero-order valence-electron chi connectivity index (χ0n) is 17.0. The minimum atomic E-state index is -3.87. The number of nitrogens with one attached hydrogen (secondary N) is 1. The highest BCUT2D eigenvalue weighted by Crippen LogP contribution is 2.40. The van der Waals surface area contributed by atoms with E-state index < -0.39 is 21.3 Å². The summed E-state index contributed by atoms with van der Waals surface area (Å²) < 4.78 is 35.2. The number of H-pyrrole nitrogens is 1. The Morgan fingerprint density at radius 3 is 2.33 bits per heavy atom. The van der Waals surface area contributed by atoms with Gasteiger partial charge in [-0.2, -0.15) is 14.1 Å². The average molecular weight is 602 g/mol. The van der Waals surface area contributed by atoms with E-state index in [2.05, 4.69) is 41.9 Å². The van der Waals surface area contributed by atoms with Crippen LogP contribution in [0.4, 0.5) is 0 Å². The molecule has 0 atom stereocenters. The van der Waals surface area contributed by atoms with Crippen molar-refractivity contribution >= 4 is 41.9 Å². The van der Waals surface area contributed by atoms with E-state index in [1.807, 2.05) is 0 Å². The van der Waals surface area contributed by atoms with Crippen LogP contribution in [-0.2, 0) is 10.0 Å². The van der Waals surface area contributed by atoms with Gasteiger partial charge in [-0.15, -0.1) is 0 Å². The molecule has 10 nitrogen and oxygen atoms in total. The van der Waals surface area contributed by atoms with Gasteiger partial charge in [0, 0.05) is 19.2 Å². The number of aromatic nitrogens is 3. The Hall–Kier alpha value is -2.48. The standard InChI is InChI=1S/C20H18Br2N4O6S/c21-14-8-12(26-20(29)24-18(28)11-23-26)9-15(22)19(14)32-13-4-5-16(27)17(10-13)33(30,31)25-6-2-1-3-7-25/h4-5,8-11,27H,1-3,6-7H2,(H,24,28,29). The topological polar surface area (TPSA) is 135 Å². The summed E-state index contributed by atoms with van der Waals surface area (Å²) in [6, 6.07) is 7.11. The van der Waals surface area contributed by atoms with E-state index in [9.17, 15) is 23.1 Å². The lowest BCUT2D eigenvalue weighted by Crippen LogP contribution is -2.35. The van der Waals surface area contributed by atoms with Crippen LogP contribution in [0.1, 0.15) is 19.3 Å². The van der Waals surface area contributed by atoms with Gasteiger partial charge in [-0.25, -0.2) is 13.2 Å². The van der Waals surface area contributed by atoms with Crippen molar-refractivity contribution in [3.63, 3.8) is 0 Å². The summed E-state index contributed by atoms with van der Waals surface area (Å²) in [5, 5.41) is 14.1. The highest BCUT2D eigenvalue weighted by molar-refractivity contribution is 9.11. The van der Waals surface area contributed by atoms with Crippen molar-refractivity contribution in [3.05, 3.63) is 66.3 Å². The van der Waals surface area contributed by atoms with Crippen LogP contribution in [0.2, 0.25) is 0 Å². The number of halogens is 2. The first-order chi connectivity index (χ1) is 15.7. The number of benzene rings is 2. The molecular formula is C20H18Br2N4O6S. The molecule has 0 amide bonds. The zero-order chi connectivity index (χ0) is 23.8. The van der Waals surface area contributed by atoms with Gasteiger partial charge in [0.2, 0.25) is 10.0 Å². The quantitative estimate of drug-likeness (QED) is 0.459. The summed E-state index contributed by atoms with van der Waals surface area (Å²) in [7, 11) is -3.87. The van der Waals surface area contributed by atoms with E-state index in [0.29, 0.717) is 33.5 Å². The molecule has 3 aromatic rings. The Morgan fingerprint density at radius 1 is 1.03 bits per heavy atom. The van der Waals surface area contributed by atoms with Gasteiger partial charge in [-0.3, -0.25) is 9.78 Å². The van der Waals surface area contributed by atoms with Crippen molar-refractivity contribution in [1.29, 1.82) is 0 Å². The third kappa shape index (κ3) is 4.90. The predicted octanol–water partition coefficient (Wildman–Crippen LogP) is 3.12. The maximum absolute atomic E-state index is 13.0. The summed E-state index contributed by atoms with van der Waals surface area (Å²) in [5.74, 6) is 0.144. The van der Waals surface area contributed by atoms with Gasteiger partial charge in [0.25, 0.3) is 5.56 Å². The molecule has 2 N–H and O–H groups in total. The number of piperidine rings is 1. The summed E-state index contributed by atoms with van der Waals surface area (Å²) in [6.07, 6.45) is 3.50. The molecular weight excluding hydrogens is 584 g/mol. The Bertz CT molecular complexity index is 1410. The molecule has 0 radical (unpaired) electrons. The summed E-state index contributed by atoms with van der Waals surface area (Å²) in [4.78, 5) is 25.2. The first-order valence-electron chi connectivity index (χ1n) is 9.86. The Labute approximate surface area is 205 Å². The van der Waals surface area contributed by atoms with E-state index in [1.54, 1.807) is 12.1 Å². The summed E-state index contributed by atoms with van der Waals surface area (Å²) >= 11 is 6.76. The van der Waals surface area contributed by atoms with E-state index >= 15 is 0 Å². The lowest BCUT2D eigenvalue weighted by atomic mass is 10.2. The van der Waals surface area contributed by atoms with Gasteiger partial charge >= 0.3 is 5.69 Å². The first-order valence-corrected chi connectivity index (χ1v) is 12.9. The number of nitrogens with zero attached hydrogens (tertiary/aromatic N) is 3. The Morgan fingerprint density at radius 2 is 1.70 bits per heavy atom.